The number of carbonyl (C=O) groups excluding carboxylic acids is 2. The van der Waals surface area contributed by atoms with Crippen molar-refractivity contribution in [3.63, 3.8) is 0 Å². The minimum atomic E-state index is -0.549. The average molecular weight is 207 g/mol. The van der Waals surface area contributed by atoms with Crippen molar-refractivity contribution in [2.24, 2.45) is 11.8 Å². The highest BCUT2D eigenvalue weighted by molar-refractivity contribution is 6.07. The molecule has 0 radical (unpaired) electrons. The van der Waals surface area contributed by atoms with Gasteiger partial charge in [-0.3, -0.25) is 14.5 Å². The van der Waals surface area contributed by atoms with Crippen molar-refractivity contribution in [2.45, 2.75) is 25.6 Å². The summed E-state index contributed by atoms with van der Waals surface area (Å²) >= 11 is 0. The van der Waals surface area contributed by atoms with E-state index in [0.29, 0.717) is 0 Å². The zero-order chi connectivity index (χ0) is 11.0. The maximum absolute atomic E-state index is 11.9. The molecule has 3 aliphatic rings. The Hall–Kier alpha value is -1.16. The molecule has 0 spiro atoms. The van der Waals surface area contributed by atoms with Crippen molar-refractivity contribution in [1.82, 2.24) is 4.90 Å². The maximum Gasteiger partial charge on any atom is 0.236 e. The molecule has 0 N–H and O–H groups in total. The first kappa shape index (κ1) is 9.09. The summed E-state index contributed by atoms with van der Waals surface area (Å²) in [5.41, 5.74) is 0.525. The van der Waals surface area contributed by atoms with E-state index in [4.69, 9.17) is 4.74 Å². The molecule has 2 bridgehead atoms. The van der Waals surface area contributed by atoms with Crippen molar-refractivity contribution in [3.05, 3.63) is 11.6 Å². The van der Waals surface area contributed by atoms with Gasteiger partial charge in [0.2, 0.25) is 11.8 Å². The maximum atomic E-state index is 11.9. The number of rotatable bonds is 0. The molecule has 4 atom stereocenters. The zero-order valence-corrected chi connectivity index (χ0v) is 8.98. The third-order valence-electron chi connectivity index (χ3n) is 4.10. The van der Waals surface area contributed by atoms with Gasteiger partial charge in [0.1, 0.15) is 0 Å². The van der Waals surface area contributed by atoms with E-state index in [1.165, 1.54) is 4.90 Å². The minimum Gasteiger partial charge on any atom is -0.362 e. The van der Waals surface area contributed by atoms with Crippen LogP contribution < -0.4 is 0 Å². The largest absolute Gasteiger partial charge is 0.362 e. The number of amides is 2. The second-order valence-electron chi connectivity index (χ2n) is 4.78. The van der Waals surface area contributed by atoms with E-state index < -0.39 is 5.60 Å². The Kier molecular flexibility index (Phi) is 1.41. The van der Waals surface area contributed by atoms with Gasteiger partial charge in [0.05, 0.1) is 23.5 Å². The van der Waals surface area contributed by atoms with E-state index in [0.717, 1.165) is 5.57 Å². The number of likely N-dealkylation sites (tertiary alicyclic amines) is 1. The van der Waals surface area contributed by atoms with Gasteiger partial charge in [0, 0.05) is 7.05 Å². The lowest BCUT2D eigenvalue weighted by Crippen LogP contribution is -2.39. The Labute approximate surface area is 87.9 Å². The molecule has 0 aromatic rings. The predicted octanol–water partition coefficient (Wildman–Crippen LogP) is 0.335. The molecule has 2 saturated heterocycles. The molecule has 1 unspecified atom stereocenters. The van der Waals surface area contributed by atoms with Crippen molar-refractivity contribution >= 4 is 11.8 Å². The van der Waals surface area contributed by atoms with Crippen LogP contribution >= 0.6 is 0 Å². The number of fused-ring (bicyclic) bond motifs is 5. The molecular formula is C11H13NO3. The first-order valence-electron chi connectivity index (χ1n) is 5.15. The fourth-order valence-electron chi connectivity index (χ4n) is 3.06. The molecule has 3 heterocycles. The van der Waals surface area contributed by atoms with Gasteiger partial charge in [-0.25, -0.2) is 0 Å². The van der Waals surface area contributed by atoms with Crippen molar-refractivity contribution in [3.8, 4) is 0 Å². The van der Waals surface area contributed by atoms with Crippen LogP contribution in [0, 0.1) is 11.8 Å². The first-order chi connectivity index (χ1) is 6.97. The Bertz CT molecular complexity index is 414. The van der Waals surface area contributed by atoms with Gasteiger partial charge in [-0.05, 0) is 19.4 Å². The third kappa shape index (κ3) is 0.785. The number of carbonyl (C=O) groups is 2. The zero-order valence-electron chi connectivity index (χ0n) is 8.98. The summed E-state index contributed by atoms with van der Waals surface area (Å²) in [6.07, 6.45) is 1.78. The SMILES string of the molecule is CC1=CC2O[C@]1(C)[C@H]1C(=O)N(C)C(=O)[C@@H]21. The minimum absolute atomic E-state index is 0.0949. The molecule has 15 heavy (non-hydrogen) atoms. The number of imide groups is 1. The number of ether oxygens (including phenoxy) is 1. The summed E-state index contributed by atoms with van der Waals surface area (Å²) in [7, 11) is 1.56. The fraction of sp³-hybridized carbons (Fsp3) is 0.636. The monoisotopic (exact) mass is 207 g/mol. The summed E-state index contributed by atoms with van der Waals surface area (Å²) in [6.45, 7) is 3.88. The van der Waals surface area contributed by atoms with Gasteiger partial charge in [-0.1, -0.05) is 6.08 Å². The van der Waals surface area contributed by atoms with Gasteiger partial charge in [0.15, 0.2) is 0 Å². The molecule has 3 rings (SSSR count). The standard InChI is InChI=1S/C11H13NO3/c1-5-4-6-7-8(11(5,2)15-6)10(14)12(3)9(7)13/h4,6-8H,1-3H3/t6?,7-,8+,11-/m0/s1. The smallest absolute Gasteiger partial charge is 0.236 e. The number of hydrogen-bond acceptors (Lipinski definition) is 3. The van der Waals surface area contributed by atoms with Gasteiger partial charge in [-0.2, -0.15) is 0 Å². The quantitative estimate of drug-likeness (QED) is 0.425. The van der Waals surface area contributed by atoms with Crippen LogP contribution in [0.15, 0.2) is 11.6 Å². The van der Waals surface area contributed by atoms with Crippen LogP contribution in [0.25, 0.3) is 0 Å². The number of hydrogen-bond donors (Lipinski definition) is 0. The van der Waals surface area contributed by atoms with Gasteiger partial charge < -0.3 is 4.74 Å². The molecule has 0 aromatic carbocycles. The lowest BCUT2D eigenvalue weighted by atomic mass is 9.74. The predicted molar refractivity (Wildman–Crippen MR) is 51.8 cm³/mol. The Morgan fingerprint density at radius 2 is 2.07 bits per heavy atom. The topological polar surface area (TPSA) is 46.6 Å². The van der Waals surface area contributed by atoms with E-state index in [1.807, 2.05) is 19.9 Å². The number of nitrogens with zero attached hydrogens (tertiary/aromatic N) is 1. The first-order valence-corrected chi connectivity index (χ1v) is 5.15. The van der Waals surface area contributed by atoms with Crippen molar-refractivity contribution < 1.29 is 14.3 Å². The van der Waals surface area contributed by atoms with Gasteiger partial charge in [0.25, 0.3) is 0 Å². The average Bonchev–Trinajstić information content (AvgIpc) is 2.70. The summed E-state index contributed by atoms with van der Waals surface area (Å²) in [5, 5.41) is 0. The second kappa shape index (κ2) is 2.32. The van der Waals surface area contributed by atoms with Crippen LogP contribution in [0.3, 0.4) is 0 Å². The Morgan fingerprint density at radius 3 is 2.73 bits per heavy atom. The van der Waals surface area contributed by atoms with Crippen LogP contribution in [-0.4, -0.2) is 35.5 Å². The molecule has 3 aliphatic heterocycles. The summed E-state index contributed by atoms with van der Waals surface area (Å²) in [6, 6.07) is 0. The van der Waals surface area contributed by atoms with E-state index in [1.54, 1.807) is 7.05 Å². The highest BCUT2D eigenvalue weighted by atomic mass is 16.5. The lowest BCUT2D eigenvalue weighted by molar-refractivity contribution is -0.142. The molecule has 2 fully saturated rings. The summed E-state index contributed by atoms with van der Waals surface area (Å²) in [5.74, 6) is -0.772. The molecule has 0 aliphatic carbocycles. The van der Waals surface area contributed by atoms with E-state index in [-0.39, 0.29) is 29.8 Å². The molecule has 80 valence electrons. The van der Waals surface area contributed by atoms with Crippen LogP contribution in [0.5, 0.6) is 0 Å². The Balaban J connectivity index is 2.14. The van der Waals surface area contributed by atoms with Gasteiger partial charge >= 0.3 is 0 Å². The molecule has 4 heteroatoms. The van der Waals surface area contributed by atoms with Crippen molar-refractivity contribution in [1.29, 1.82) is 0 Å². The molecular weight excluding hydrogens is 194 g/mol. The third-order valence-corrected chi connectivity index (χ3v) is 4.10. The fourth-order valence-corrected chi connectivity index (χ4v) is 3.06. The molecule has 0 aromatic heterocycles. The second-order valence-corrected chi connectivity index (χ2v) is 4.78. The summed E-state index contributed by atoms with van der Waals surface area (Å²) in [4.78, 5) is 25.0. The molecule has 4 nitrogen and oxygen atoms in total. The normalized spacial score (nSPS) is 47.5. The molecule has 0 saturated carbocycles. The van der Waals surface area contributed by atoms with Crippen LogP contribution in [0.1, 0.15) is 13.8 Å². The molecule has 2 amide bonds. The van der Waals surface area contributed by atoms with Crippen LogP contribution in [0.2, 0.25) is 0 Å². The Morgan fingerprint density at radius 1 is 1.40 bits per heavy atom. The van der Waals surface area contributed by atoms with E-state index in [2.05, 4.69) is 0 Å². The van der Waals surface area contributed by atoms with E-state index in [9.17, 15) is 9.59 Å². The van der Waals surface area contributed by atoms with Gasteiger partial charge in [-0.15, -0.1) is 0 Å². The van der Waals surface area contributed by atoms with E-state index >= 15 is 0 Å². The summed E-state index contributed by atoms with van der Waals surface area (Å²) < 4.78 is 5.77. The highest BCUT2D eigenvalue weighted by Crippen LogP contribution is 2.54. The lowest BCUT2D eigenvalue weighted by Gasteiger charge is -2.27. The van der Waals surface area contributed by atoms with Crippen LogP contribution in [0.4, 0.5) is 0 Å². The highest BCUT2D eigenvalue weighted by Gasteiger charge is 2.66. The van der Waals surface area contributed by atoms with Crippen LogP contribution in [-0.2, 0) is 14.3 Å². The van der Waals surface area contributed by atoms with Crippen molar-refractivity contribution in [2.75, 3.05) is 7.05 Å².